The van der Waals surface area contributed by atoms with E-state index in [1.165, 1.54) is 5.56 Å². The second kappa shape index (κ2) is 7.04. The first-order chi connectivity index (χ1) is 13.5. The highest BCUT2D eigenvalue weighted by atomic mass is 16.5. The number of rotatable bonds is 5. The van der Waals surface area contributed by atoms with E-state index in [1.807, 2.05) is 36.4 Å². The van der Waals surface area contributed by atoms with Crippen LogP contribution in [0.1, 0.15) is 41.3 Å². The average Bonchev–Trinajstić information content (AvgIpc) is 3.01. The van der Waals surface area contributed by atoms with Crippen molar-refractivity contribution in [3.05, 3.63) is 77.4 Å². The molecule has 0 atom stereocenters. The molecule has 141 valence electrons. The Morgan fingerprint density at radius 2 is 1.93 bits per heavy atom. The van der Waals surface area contributed by atoms with E-state index in [9.17, 15) is 4.79 Å². The van der Waals surface area contributed by atoms with Crippen LogP contribution >= 0.6 is 0 Å². The van der Waals surface area contributed by atoms with Crippen molar-refractivity contribution in [2.24, 2.45) is 5.73 Å². The minimum absolute atomic E-state index is 0.388. The molecule has 3 aromatic carbocycles. The van der Waals surface area contributed by atoms with E-state index < -0.39 is 5.91 Å². The van der Waals surface area contributed by atoms with Crippen molar-refractivity contribution in [1.82, 2.24) is 4.57 Å². The zero-order valence-corrected chi connectivity index (χ0v) is 16.3. The van der Waals surface area contributed by atoms with Gasteiger partial charge in [0.25, 0.3) is 0 Å². The number of benzene rings is 3. The molecule has 0 aliphatic heterocycles. The second-order valence-electron chi connectivity index (χ2n) is 7.35. The molecule has 0 aliphatic carbocycles. The zero-order valence-electron chi connectivity index (χ0n) is 16.3. The molecule has 0 saturated heterocycles. The van der Waals surface area contributed by atoms with Crippen LogP contribution in [0.3, 0.4) is 0 Å². The van der Waals surface area contributed by atoms with Crippen LogP contribution in [0.5, 0.6) is 5.75 Å². The molecule has 0 aliphatic rings. The van der Waals surface area contributed by atoms with Gasteiger partial charge in [-0.1, -0.05) is 38.1 Å². The number of carbonyl (C=O) groups excluding carboxylic acids is 1. The Balaban J connectivity index is 2.02. The summed E-state index contributed by atoms with van der Waals surface area (Å²) in [6, 6.07) is 21.4. The average molecular weight is 371 g/mol. The van der Waals surface area contributed by atoms with Crippen molar-refractivity contribution in [3.8, 4) is 5.75 Å². The van der Waals surface area contributed by atoms with Crippen LogP contribution in [0, 0.1) is 6.07 Å². The molecule has 2 N–H and O–H groups in total. The highest BCUT2D eigenvalue weighted by molar-refractivity contribution is 6.17. The van der Waals surface area contributed by atoms with Gasteiger partial charge in [0.2, 0.25) is 5.91 Å². The minimum Gasteiger partial charge on any atom is -0.497 e. The van der Waals surface area contributed by atoms with Crippen LogP contribution in [0.4, 0.5) is 0 Å². The summed E-state index contributed by atoms with van der Waals surface area (Å²) in [6.07, 6.45) is 0. The number of ether oxygens (including phenoxy) is 1. The van der Waals surface area contributed by atoms with E-state index in [2.05, 4.69) is 36.6 Å². The Kier molecular flexibility index (Phi) is 4.55. The van der Waals surface area contributed by atoms with Gasteiger partial charge >= 0.3 is 0 Å². The highest BCUT2D eigenvalue weighted by Gasteiger charge is 2.17. The number of fused-ring (bicyclic) bond motifs is 3. The molecular weight excluding hydrogens is 348 g/mol. The van der Waals surface area contributed by atoms with Crippen molar-refractivity contribution in [3.63, 3.8) is 0 Å². The molecule has 0 unspecified atom stereocenters. The Morgan fingerprint density at radius 3 is 2.64 bits per heavy atom. The van der Waals surface area contributed by atoms with Crippen LogP contribution in [-0.2, 0) is 6.54 Å². The largest absolute Gasteiger partial charge is 0.497 e. The van der Waals surface area contributed by atoms with Crippen LogP contribution in [0.25, 0.3) is 21.8 Å². The first-order valence-corrected chi connectivity index (χ1v) is 9.39. The molecule has 4 nitrogen and oxygen atoms in total. The smallest absolute Gasteiger partial charge is 0.249 e. The summed E-state index contributed by atoms with van der Waals surface area (Å²) in [7, 11) is 1.67. The Bertz CT molecular complexity index is 1190. The molecule has 0 fully saturated rings. The quantitative estimate of drug-likeness (QED) is 0.544. The Labute approximate surface area is 164 Å². The topological polar surface area (TPSA) is 57.2 Å². The number of hydrogen-bond donors (Lipinski definition) is 1. The number of amides is 1. The van der Waals surface area contributed by atoms with Crippen molar-refractivity contribution in [2.45, 2.75) is 26.3 Å². The summed E-state index contributed by atoms with van der Waals surface area (Å²) in [5.74, 6) is 0.789. The minimum atomic E-state index is -0.424. The van der Waals surface area contributed by atoms with Crippen molar-refractivity contribution >= 4 is 27.7 Å². The first kappa shape index (κ1) is 18.1. The number of nitrogens with two attached hydrogens (primary N) is 1. The molecule has 1 radical (unpaired) electrons. The normalized spacial score (nSPS) is 11.4. The van der Waals surface area contributed by atoms with Gasteiger partial charge in [0.15, 0.2) is 0 Å². The van der Waals surface area contributed by atoms with Gasteiger partial charge in [0, 0.05) is 22.9 Å². The van der Waals surface area contributed by atoms with E-state index in [4.69, 9.17) is 10.5 Å². The van der Waals surface area contributed by atoms with Gasteiger partial charge in [-0.05, 0) is 53.4 Å². The van der Waals surface area contributed by atoms with Gasteiger partial charge in [-0.15, -0.1) is 0 Å². The van der Waals surface area contributed by atoms with Gasteiger partial charge < -0.3 is 15.0 Å². The number of nitrogens with zero attached hydrogens (tertiary/aromatic N) is 1. The fraction of sp³-hybridized carbons (Fsp3) is 0.208. The predicted molar refractivity (Wildman–Crippen MR) is 113 cm³/mol. The number of aromatic nitrogens is 1. The fourth-order valence-corrected chi connectivity index (χ4v) is 3.73. The molecule has 4 rings (SSSR count). The summed E-state index contributed by atoms with van der Waals surface area (Å²) >= 11 is 0. The molecule has 0 saturated carbocycles. The third kappa shape index (κ3) is 3.01. The van der Waals surface area contributed by atoms with Crippen molar-refractivity contribution < 1.29 is 9.53 Å². The summed E-state index contributed by atoms with van der Waals surface area (Å²) in [6.45, 7) is 4.99. The summed E-state index contributed by atoms with van der Waals surface area (Å²) in [5, 5.41) is 1.79. The monoisotopic (exact) mass is 371 g/mol. The third-order valence-electron chi connectivity index (χ3n) is 5.22. The van der Waals surface area contributed by atoms with E-state index in [0.29, 0.717) is 18.0 Å². The van der Waals surface area contributed by atoms with E-state index in [-0.39, 0.29) is 0 Å². The summed E-state index contributed by atoms with van der Waals surface area (Å²) in [4.78, 5) is 12.1. The van der Waals surface area contributed by atoms with Gasteiger partial charge in [-0.25, -0.2) is 0 Å². The molecule has 4 aromatic rings. The lowest BCUT2D eigenvalue weighted by atomic mass is 10.00. The maximum Gasteiger partial charge on any atom is 0.249 e. The van der Waals surface area contributed by atoms with E-state index in [1.54, 1.807) is 13.2 Å². The molecule has 1 amide bonds. The number of carbonyl (C=O) groups is 1. The van der Waals surface area contributed by atoms with Crippen LogP contribution < -0.4 is 10.5 Å². The SMILES string of the molecule is COc1cccc(Cn2c3cc(C(C)C)c[c]c3c3c(C(N)=O)cccc32)c1. The number of primary amides is 1. The second-order valence-corrected chi connectivity index (χ2v) is 7.35. The van der Waals surface area contributed by atoms with E-state index >= 15 is 0 Å². The van der Waals surface area contributed by atoms with Crippen LogP contribution in [0.2, 0.25) is 0 Å². The lowest BCUT2D eigenvalue weighted by Crippen LogP contribution is -2.11. The fourth-order valence-electron chi connectivity index (χ4n) is 3.73. The highest BCUT2D eigenvalue weighted by Crippen LogP contribution is 2.34. The van der Waals surface area contributed by atoms with Crippen molar-refractivity contribution in [2.75, 3.05) is 7.11 Å². The van der Waals surface area contributed by atoms with Gasteiger partial charge in [0.05, 0.1) is 18.1 Å². The van der Waals surface area contributed by atoms with Crippen LogP contribution in [-0.4, -0.2) is 17.6 Å². The molecule has 1 heterocycles. The van der Waals surface area contributed by atoms with Gasteiger partial charge in [0.1, 0.15) is 5.75 Å². The molecule has 1 aromatic heterocycles. The molecule has 4 heteroatoms. The predicted octanol–water partition coefficient (Wildman–Crippen LogP) is 4.87. The lowest BCUT2D eigenvalue weighted by Gasteiger charge is -2.11. The van der Waals surface area contributed by atoms with Gasteiger partial charge in [-0.2, -0.15) is 0 Å². The summed E-state index contributed by atoms with van der Waals surface area (Å²) in [5.41, 5.74) is 10.6. The molecular formula is C24H23N2O2. The molecule has 0 spiro atoms. The third-order valence-corrected chi connectivity index (χ3v) is 5.22. The Morgan fingerprint density at radius 1 is 1.14 bits per heavy atom. The van der Waals surface area contributed by atoms with Crippen LogP contribution in [0.15, 0.2) is 54.6 Å². The summed E-state index contributed by atoms with van der Waals surface area (Å²) < 4.78 is 7.60. The molecule has 28 heavy (non-hydrogen) atoms. The maximum atomic E-state index is 12.1. The van der Waals surface area contributed by atoms with E-state index in [0.717, 1.165) is 33.1 Å². The standard InChI is InChI=1S/C24H23N2O2/c1-15(2)17-10-11-19-22(13-17)26(14-16-6-4-7-18(12-16)28-3)21-9-5-8-20(23(19)21)24(25)27/h4-10,12-13,15H,14H2,1-3H3,(H2,25,27). The number of hydrogen-bond acceptors (Lipinski definition) is 2. The van der Waals surface area contributed by atoms with Gasteiger partial charge in [-0.3, -0.25) is 4.79 Å². The first-order valence-electron chi connectivity index (χ1n) is 9.39. The maximum absolute atomic E-state index is 12.1. The van der Waals surface area contributed by atoms with Crippen molar-refractivity contribution in [1.29, 1.82) is 0 Å². The zero-order chi connectivity index (χ0) is 19.8. The molecule has 0 bridgehead atoms. The Hall–Kier alpha value is -3.27. The number of methoxy groups -OCH3 is 1. The lowest BCUT2D eigenvalue weighted by molar-refractivity contribution is 0.100.